The first-order valence-corrected chi connectivity index (χ1v) is 7.33. The molecule has 1 amide bonds. The molecule has 2 rings (SSSR count). The SMILES string of the molecule is Cc1nccc(N2CCN(C(=O)C(=O)OC(C)(C)C)CC2)n1. The second kappa shape index (κ2) is 6.29. The van der Waals surface area contributed by atoms with Crippen LogP contribution in [0.25, 0.3) is 0 Å². The summed E-state index contributed by atoms with van der Waals surface area (Å²) in [5.74, 6) is 0.189. The first-order chi connectivity index (χ1) is 10.3. The summed E-state index contributed by atoms with van der Waals surface area (Å²) in [6, 6.07) is 1.85. The Labute approximate surface area is 130 Å². The number of hydrogen-bond acceptors (Lipinski definition) is 6. The van der Waals surface area contributed by atoms with Gasteiger partial charge in [-0.2, -0.15) is 0 Å². The second-order valence-electron chi connectivity index (χ2n) is 6.24. The Kier molecular flexibility index (Phi) is 4.63. The van der Waals surface area contributed by atoms with Crippen molar-refractivity contribution in [2.75, 3.05) is 31.1 Å². The van der Waals surface area contributed by atoms with Crippen LogP contribution < -0.4 is 4.90 Å². The third-order valence-electron chi connectivity index (χ3n) is 3.23. The Hall–Kier alpha value is -2.18. The van der Waals surface area contributed by atoms with Gasteiger partial charge >= 0.3 is 11.9 Å². The third kappa shape index (κ3) is 4.16. The molecule has 0 spiro atoms. The van der Waals surface area contributed by atoms with Crippen molar-refractivity contribution in [2.24, 2.45) is 0 Å². The zero-order valence-corrected chi connectivity index (χ0v) is 13.5. The largest absolute Gasteiger partial charge is 0.453 e. The molecule has 0 radical (unpaired) electrons. The highest BCUT2D eigenvalue weighted by Gasteiger charge is 2.30. The molecule has 1 aromatic heterocycles. The molecule has 1 aliphatic rings. The Morgan fingerprint density at radius 2 is 1.82 bits per heavy atom. The van der Waals surface area contributed by atoms with Gasteiger partial charge in [0.1, 0.15) is 17.2 Å². The molecule has 0 aliphatic carbocycles. The number of carbonyl (C=O) groups excluding carboxylic acids is 2. The summed E-state index contributed by atoms with van der Waals surface area (Å²) in [5, 5.41) is 0. The second-order valence-corrected chi connectivity index (χ2v) is 6.24. The van der Waals surface area contributed by atoms with Gasteiger partial charge in [0, 0.05) is 32.4 Å². The molecule has 1 aliphatic heterocycles. The van der Waals surface area contributed by atoms with E-state index in [4.69, 9.17) is 4.74 Å². The minimum atomic E-state index is -0.793. The fourth-order valence-corrected chi connectivity index (χ4v) is 2.21. The number of ether oxygens (including phenoxy) is 1. The topological polar surface area (TPSA) is 75.6 Å². The Bertz CT molecular complexity index is 560. The number of nitrogens with zero attached hydrogens (tertiary/aromatic N) is 4. The van der Waals surface area contributed by atoms with Gasteiger partial charge in [-0.3, -0.25) is 4.79 Å². The molecular formula is C15H22N4O3. The molecule has 0 aromatic carbocycles. The Balaban J connectivity index is 1.92. The average Bonchev–Trinajstić information content (AvgIpc) is 2.45. The van der Waals surface area contributed by atoms with Gasteiger partial charge < -0.3 is 14.5 Å². The van der Waals surface area contributed by atoms with Crippen molar-refractivity contribution in [1.82, 2.24) is 14.9 Å². The molecule has 0 saturated carbocycles. The molecule has 0 N–H and O–H groups in total. The Morgan fingerprint density at radius 3 is 2.36 bits per heavy atom. The summed E-state index contributed by atoms with van der Waals surface area (Å²) in [7, 11) is 0. The quantitative estimate of drug-likeness (QED) is 0.563. The number of amides is 1. The number of piperazine rings is 1. The maximum Gasteiger partial charge on any atom is 0.397 e. The van der Waals surface area contributed by atoms with Crippen molar-refractivity contribution in [2.45, 2.75) is 33.3 Å². The van der Waals surface area contributed by atoms with Crippen LogP contribution in [0.2, 0.25) is 0 Å². The summed E-state index contributed by atoms with van der Waals surface area (Å²) < 4.78 is 5.12. The molecule has 0 bridgehead atoms. The maximum atomic E-state index is 12.1. The van der Waals surface area contributed by atoms with E-state index in [0.29, 0.717) is 32.0 Å². The van der Waals surface area contributed by atoms with Crippen LogP contribution in [-0.2, 0) is 14.3 Å². The summed E-state index contributed by atoms with van der Waals surface area (Å²) in [5.41, 5.74) is -0.660. The van der Waals surface area contributed by atoms with Crippen molar-refractivity contribution in [1.29, 1.82) is 0 Å². The smallest absolute Gasteiger partial charge is 0.397 e. The third-order valence-corrected chi connectivity index (χ3v) is 3.23. The van der Waals surface area contributed by atoms with Crippen molar-refractivity contribution < 1.29 is 14.3 Å². The number of carbonyl (C=O) groups is 2. The van der Waals surface area contributed by atoms with Gasteiger partial charge in [-0.05, 0) is 33.8 Å². The van der Waals surface area contributed by atoms with E-state index >= 15 is 0 Å². The normalized spacial score (nSPS) is 15.6. The fraction of sp³-hybridized carbons (Fsp3) is 0.600. The monoisotopic (exact) mass is 306 g/mol. The zero-order valence-electron chi connectivity index (χ0n) is 13.5. The van der Waals surface area contributed by atoms with Crippen LogP contribution in [-0.4, -0.2) is 58.5 Å². The first-order valence-electron chi connectivity index (χ1n) is 7.33. The minimum absolute atomic E-state index is 0.473. The van der Waals surface area contributed by atoms with Crippen LogP contribution in [0.3, 0.4) is 0 Å². The van der Waals surface area contributed by atoms with Gasteiger partial charge in [0.05, 0.1) is 0 Å². The van der Waals surface area contributed by atoms with Crippen LogP contribution in [0, 0.1) is 6.92 Å². The van der Waals surface area contributed by atoms with E-state index in [1.165, 1.54) is 4.90 Å². The first kappa shape index (κ1) is 16.2. The number of rotatable bonds is 1. The summed E-state index contributed by atoms with van der Waals surface area (Å²) in [4.78, 5) is 35.9. The van der Waals surface area contributed by atoms with Crippen molar-refractivity contribution in [3.63, 3.8) is 0 Å². The lowest BCUT2D eigenvalue weighted by Crippen LogP contribution is -2.51. The number of aromatic nitrogens is 2. The van der Waals surface area contributed by atoms with E-state index in [1.807, 2.05) is 13.0 Å². The highest BCUT2D eigenvalue weighted by atomic mass is 16.6. The number of anilines is 1. The van der Waals surface area contributed by atoms with Gasteiger partial charge in [0.15, 0.2) is 0 Å². The molecule has 1 saturated heterocycles. The summed E-state index contributed by atoms with van der Waals surface area (Å²) >= 11 is 0. The van der Waals surface area contributed by atoms with Crippen LogP contribution in [0.1, 0.15) is 26.6 Å². The van der Waals surface area contributed by atoms with Gasteiger partial charge in [0.2, 0.25) is 0 Å². The minimum Gasteiger partial charge on any atom is -0.453 e. The Morgan fingerprint density at radius 1 is 1.18 bits per heavy atom. The van der Waals surface area contributed by atoms with Crippen LogP contribution in [0.5, 0.6) is 0 Å². The maximum absolute atomic E-state index is 12.1. The van der Waals surface area contributed by atoms with Crippen LogP contribution >= 0.6 is 0 Å². The van der Waals surface area contributed by atoms with Crippen LogP contribution in [0.4, 0.5) is 5.82 Å². The predicted octanol–water partition coefficient (Wildman–Crippen LogP) is 0.775. The molecule has 7 heteroatoms. The molecule has 2 heterocycles. The molecule has 22 heavy (non-hydrogen) atoms. The fourth-order valence-electron chi connectivity index (χ4n) is 2.21. The molecular weight excluding hydrogens is 284 g/mol. The molecule has 1 aromatic rings. The number of esters is 1. The predicted molar refractivity (Wildman–Crippen MR) is 81.4 cm³/mol. The molecule has 0 atom stereocenters. The van der Waals surface area contributed by atoms with E-state index in [0.717, 1.165) is 5.82 Å². The summed E-state index contributed by atoms with van der Waals surface area (Å²) in [6.07, 6.45) is 1.72. The highest BCUT2D eigenvalue weighted by molar-refractivity contribution is 6.32. The van der Waals surface area contributed by atoms with E-state index in [9.17, 15) is 9.59 Å². The average molecular weight is 306 g/mol. The van der Waals surface area contributed by atoms with Crippen molar-refractivity contribution in [3.8, 4) is 0 Å². The van der Waals surface area contributed by atoms with E-state index in [1.54, 1.807) is 27.0 Å². The van der Waals surface area contributed by atoms with E-state index in [2.05, 4.69) is 14.9 Å². The molecule has 7 nitrogen and oxygen atoms in total. The van der Waals surface area contributed by atoms with E-state index in [-0.39, 0.29) is 0 Å². The highest BCUT2D eigenvalue weighted by Crippen LogP contribution is 2.14. The lowest BCUT2D eigenvalue weighted by Gasteiger charge is -2.35. The van der Waals surface area contributed by atoms with E-state index < -0.39 is 17.5 Å². The number of aryl methyl sites for hydroxylation is 1. The number of hydrogen-bond donors (Lipinski definition) is 0. The van der Waals surface area contributed by atoms with Gasteiger partial charge in [-0.15, -0.1) is 0 Å². The summed E-state index contributed by atoms with van der Waals surface area (Å²) in [6.45, 7) is 9.28. The molecule has 120 valence electrons. The molecule has 1 fully saturated rings. The standard InChI is InChI=1S/C15H22N4O3/c1-11-16-6-5-12(17-11)18-7-9-19(10-8-18)13(20)14(21)22-15(2,3)4/h5-6H,7-10H2,1-4H3. The lowest BCUT2D eigenvalue weighted by atomic mass is 10.2. The van der Waals surface area contributed by atoms with Crippen molar-refractivity contribution >= 4 is 17.7 Å². The zero-order chi connectivity index (χ0) is 16.3. The molecule has 0 unspecified atom stereocenters. The van der Waals surface area contributed by atoms with Gasteiger partial charge in [0.25, 0.3) is 0 Å². The van der Waals surface area contributed by atoms with Crippen LogP contribution in [0.15, 0.2) is 12.3 Å². The van der Waals surface area contributed by atoms with Gasteiger partial charge in [-0.1, -0.05) is 0 Å². The van der Waals surface area contributed by atoms with Crippen molar-refractivity contribution in [3.05, 3.63) is 18.1 Å². The van der Waals surface area contributed by atoms with Gasteiger partial charge in [-0.25, -0.2) is 14.8 Å². The lowest BCUT2D eigenvalue weighted by molar-refractivity contribution is -0.168.